The van der Waals surface area contributed by atoms with Crippen molar-refractivity contribution in [2.75, 3.05) is 0 Å². The molecule has 0 bridgehead atoms. The molecule has 204 valence electrons. The van der Waals surface area contributed by atoms with Crippen molar-refractivity contribution >= 4 is 6.08 Å². The summed E-state index contributed by atoms with van der Waals surface area (Å²) in [5.74, 6) is 3.16. The standard InChI is InChI=1S/C36H36O4/c1-5-30(27-11-17-34-32(20-27)23(4)36(40-34)26-9-14-29(38)15-10-26)21(2)18-24-6-16-33-31(19-24)22(3)35(39-33)25-7-12-28(37)13-8-25/h6-20,22-23,30,35-38H,5H2,1-4H3/b21-18+/t22-,23-,30+,35-,36-/m1/s1. The summed E-state index contributed by atoms with van der Waals surface area (Å²) in [7, 11) is 0. The monoisotopic (exact) mass is 532 g/mol. The highest BCUT2D eigenvalue weighted by molar-refractivity contribution is 5.60. The van der Waals surface area contributed by atoms with Crippen LogP contribution >= 0.6 is 0 Å². The predicted molar refractivity (Wildman–Crippen MR) is 159 cm³/mol. The smallest absolute Gasteiger partial charge is 0.130 e. The molecule has 0 fully saturated rings. The van der Waals surface area contributed by atoms with Gasteiger partial charge in [-0.1, -0.05) is 74.9 Å². The number of benzene rings is 4. The van der Waals surface area contributed by atoms with E-state index in [2.05, 4.69) is 70.2 Å². The number of ether oxygens (including phenoxy) is 2. The second-order valence-electron chi connectivity index (χ2n) is 11.3. The van der Waals surface area contributed by atoms with Crippen molar-refractivity contribution in [3.63, 3.8) is 0 Å². The molecule has 0 saturated heterocycles. The normalized spacial score (nSPS) is 22.2. The highest BCUT2D eigenvalue weighted by atomic mass is 16.5. The van der Waals surface area contributed by atoms with Crippen LogP contribution in [0.4, 0.5) is 0 Å². The van der Waals surface area contributed by atoms with Crippen LogP contribution in [0.5, 0.6) is 23.0 Å². The number of hydrogen-bond acceptors (Lipinski definition) is 4. The van der Waals surface area contributed by atoms with Crippen molar-refractivity contribution in [2.45, 2.75) is 64.1 Å². The molecule has 4 aromatic carbocycles. The maximum atomic E-state index is 9.69. The molecule has 0 amide bonds. The minimum absolute atomic E-state index is 0.0522. The molecule has 4 heteroatoms. The van der Waals surface area contributed by atoms with Crippen LogP contribution in [0.25, 0.3) is 6.08 Å². The van der Waals surface area contributed by atoms with Crippen LogP contribution in [0.1, 0.15) is 97.5 Å². The van der Waals surface area contributed by atoms with Gasteiger partial charge < -0.3 is 19.7 Å². The van der Waals surface area contributed by atoms with Gasteiger partial charge >= 0.3 is 0 Å². The molecule has 40 heavy (non-hydrogen) atoms. The Kier molecular flexibility index (Phi) is 6.79. The number of allylic oxidation sites excluding steroid dienone is 1. The molecule has 4 aromatic rings. The van der Waals surface area contributed by atoms with Gasteiger partial charge in [-0.25, -0.2) is 0 Å². The van der Waals surface area contributed by atoms with Crippen LogP contribution < -0.4 is 9.47 Å². The molecule has 0 saturated carbocycles. The molecular formula is C36H36O4. The van der Waals surface area contributed by atoms with Crippen LogP contribution in [0.3, 0.4) is 0 Å². The van der Waals surface area contributed by atoms with E-state index in [0.717, 1.165) is 29.0 Å². The van der Waals surface area contributed by atoms with Gasteiger partial charge in [-0.05, 0) is 78.1 Å². The molecule has 0 unspecified atom stereocenters. The molecule has 0 spiro atoms. The summed E-state index contributed by atoms with van der Waals surface area (Å²) in [5.41, 5.74) is 8.42. The molecule has 4 nitrogen and oxygen atoms in total. The summed E-state index contributed by atoms with van der Waals surface area (Å²) in [6, 6.07) is 27.8. The van der Waals surface area contributed by atoms with E-state index in [1.807, 2.05) is 24.3 Å². The Morgan fingerprint density at radius 2 is 1.23 bits per heavy atom. The van der Waals surface area contributed by atoms with Gasteiger partial charge in [-0.3, -0.25) is 0 Å². The Bertz CT molecular complexity index is 1550. The summed E-state index contributed by atoms with van der Waals surface area (Å²) in [5, 5.41) is 19.4. The minimum Gasteiger partial charge on any atom is -0.508 e. The predicted octanol–water partition coefficient (Wildman–Crippen LogP) is 9.17. The topological polar surface area (TPSA) is 58.9 Å². The van der Waals surface area contributed by atoms with Crippen LogP contribution in [-0.4, -0.2) is 10.2 Å². The molecule has 0 aromatic heterocycles. The molecule has 2 heterocycles. The van der Waals surface area contributed by atoms with E-state index in [1.165, 1.54) is 27.8 Å². The van der Waals surface area contributed by atoms with E-state index in [0.29, 0.717) is 5.92 Å². The fourth-order valence-corrected chi connectivity index (χ4v) is 6.40. The third kappa shape index (κ3) is 4.72. The molecule has 0 aliphatic carbocycles. The third-order valence-corrected chi connectivity index (χ3v) is 8.66. The zero-order valence-electron chi connectivity index (χ0n) is 23.5. The van der Waals surface area contributed by atoms with Gasteiger partial charge in [-0.2, -0.15) is 0 Å². The van der Waals surface area contributed by atoms with Crippen LogP contribution in [0, 0.1) is 0 Å². The first kappa shape index (κ1) is 26.1. The van der Waals surface area contributed by atoms with Gasteiger partial charge in [0.25, 0.3) is 0 Å². The van der Waals surface area contributed by atoms with Crippen molar-refractivity contribution in [3.05, 3.63) is 124 Å². The van der Waals surface area contributed by atoms with Crippen molar-refractivity contribution in [1.29, 1.82) is 0 Å². The summed E-state index contributed by atoms with van der Waals surface area (Å²) >= 11 is 0. The first-order valence-corrected chi connectivity index (χ1v) is 14.2. The second-order valence-corrected chi connectivity index (χ2v) is 11.3. The SMILES string of the molecule is CC[C@@H](/C(C)=C/c1ccc2c(c1)[C@@H](C)[C@H](c1ccc(O)cc1)O2)c1ccc2c(c1)[C@@H](C)[C@H](c1ccc(O)cc1)O2. The van der Waals surface area contributed by atoms with Gasteiger partial charge in [0.1, 0.15) is 35.2 Å². The Balaban J connectivity index is 1.23. The van der Waals surface area contributed by atoms with E-state index in [-0.39, 0.29) is 35.5 Å². The second kappa shape index (κ2) is 10.4. The molecular weight excluding hydrogens is 496 g/mol. The fraction of sp³-hybridized carbons (Fsp3) is 0.278. The molecule has 6 rings (SSSR count). The number of hydrogen-bond donors (Lipinski definition) is 2. The van der Waals surface area contributed by atoms with E-state index in [9.17, 15) is 10.2 Å². The maximum Gasteiger partial charge on any atom is 0.130 e. The lowest BCUT2D eigenvalue weighted by molar-refractivity contribution is 0.216. The molecule has 2 aliphatic heterocycles. The lowest BCUT2D eigenvalue weighted by atomic mass is 9.85. The first-order chi connectivity index (χ1) is 19.3. The fourth-order valence-electron chi connectivity index (χ4n) is 6.40. The zero-order valence-corrected chi connectivity index (χ0v) is 23.5. The average Bonchev–Trinajstić information content (AvgIpc) is 3.46. The van der Waals surface area contributed by atoms with Gasteiger partial charge in [0.05, 0.1) is 0 Å². The summed E-state index contributed by atoms with van der Waals surface area (Å²) in [4.78, 5) is 0. The van der Waals surface area contributed by atoms with Crippen molar-refractivity contribution in [1.82, 2.24) is 0 Å². The Labute approximate surface area is 236 Å². The molecule has 0 radical (unpaired) electrons. The van der Waals surface area contributed by atoms with Crippen LogP contribution in [0.2, 0.25) is 0 Å². The lowest BCUT2D eigenvalue weighted by Gasteiger charge is -2.18. The van der Waals surface area contributed by atoms with E-state index in [1.54, 1.807) is 24.3 Å². The van der Waals surface area contributed by atoms with E-state index < -0.39 is 0 Å². The Morgan fingerprint density at radius 3 is 1.75 bits per heavy atom. The number of fused-ring (bicyclic) bond motifs is 2. The van der Waals surface area contributed by atoms with Gasteiger partial charge in [-0.15, -0.1) is 0 Å². The van der Waals surface area contributed by atoms with Crippen molar-refractivity contribution in [3.8, 4) is 23.0 Å². The summed E-state index contributed by atoms with van der Waals surface area (Å²) in [6.07, 6.45) is 3.20. The average molecular weight is 533 g/mol. The van der Waals surface area contributed by atoms with Crippen molar-refractivity contribution < 1.29 is 19.7 Å². The van der Waals surface area contributed by atoms with E-state index >= 15 is 0 Å². The number of rotatable bonds is 6. The highest BCUT2D eigenvalue weighted by Crippen LogP contribution is 2.48. The molecule has 5 atom stereocenters. The van der Waals surface area contributed by atoms with Crippen molar-refractivity contribution in [2.24, 2.45) is 0 Å². The Hall–Kier alpha value is -4.18. The largest absolute Gasteiger partial charge is 0.508 e. The number of aromatic hydroxyl groups is 2. The molecule has 2 aliphatic rings. The van der Waals surface area contributed by atoms with Crippen LogP contribution in [0.15, 0.2) is 90.5 Å². The quantitative estimate of drug-likeness (QED) is 0.260. The third-order valence-electron chi connectivity index (χ3n) is 8.66. The first-order valence-electron chi connectivity index (χ1n) is 14.2. The summed E-state index contributed by atoms with van der Waals surface area (Å²) in [6.45, 7) is 8.90. The lowest BCUT2D eigenvalue weighted by Crippen LogP contribution is -2.07. The number of phenolic OH excluding ortho intramolecular Hbond substituents is 2. The minimum atomic E-state index is -0.0552. The summed E-state index contributed by atoms with van der Waals surface area (Å²) < 4.78 is 12.7. The van der Waals surface area contributed by atoms with Crippen LogP contribution in [-0.2, 0) is 0 Å². The maximum absolute atomic E-state index is 9.69. The van der Waals surface area contributed by atoms with Gasteiger partial charge in [0, 0.05) is 28.9 Å². The number of phenols is 2. The van der Waals surface area contributed by atoms with Gasteiger partial charge in [0.15, 0.2) is 0 Å². The highest BCUT2D eigenvalue weighted by Gasteiger charge is 2.34. The van der Waals surface area contributed by atoms with E-state index in [4.69, 9.17) is 9.47 Å². The zero-order chi connectivity index (χ0) is 28.0. The Morgan fingerprint density at radius 1 is 0.725 bits per heavy atom. The molecule has 2 N–H and O–H groups in total. The van der Waals surface area contributed by atoms with Gasteiger partial charge in [0.2, 0.25) is 0 Å².